The Morgan fingerprint density at radius 1 is 1.50 bits per heavy atom. The van der Waals surface area contributed by atoms with Gasteiger partial charge in [0.25, 0.3) is 0 Å². The average molecular weight is 192 g/mol. The van der Waals surface area contributed by atoms with Gasteiger partial charge in [0.05, 0.1) is 7.11 Å². The van der Waals surface area contributed by atoms with Crippen LogP contribution in [0.3, 0.4) is 0 Å². The van der Waals surface area contributed by atoms with Crippen molar-refractivity contribution in [3.63, 3.8) is 0 Å². The van der Waals surface area contributed by atoms with E-state index in [-0.39, 0.29) is 12.5 Å². The van der Waals surface area contributed by atoms with Crippen LogP contribution in [0.15, 0.2) is 35.3 Å². The largest absolute Gasteiger partial charge is 0.487 e. The van der Waals surface area contributed by atoms with Crippen molar-refractivity contribution >= 4 is 18.0 Å². The van der Waals surface area contributed by atoms with Crippen molar-refractivity contribution in [2.45, 2.75) is 0 Å². The molecule has 1 aromatic carbocycles. The zero-order valence-corrected chi connectivity index (χ0v) is 7.93. The maximum atomic E-state index is 11.2. The molecular weight excluding hydrogens is 180 g/mol. The Morgan fingerprint density at radius 3 is 2.86 bits per heavy atom. The minimum Gasteiger partial charge on any atom is -0.487 e. The third kappa shape index (κ3) is 3.71. The van der Waals surface area contributed by atoms with Crippen LogP contribution in [0, 0.1) is 0 Å². The maximum absolute atomic E-state index is 11.2. The van der Waals surface area contributed by atoms with Crippen molar-refractivity contribution < 1.29 is 9.53 Å². The highest BCUT2D eigenvalue weighted by Gasteiger charge is 1.98. The molecule has 1 aromatic rings. The van der Waals surface area contributed by atoms with Crippen molar-refractivity contribution in [1.82, 2.24) is 0 Å². The summed E-state index contributed by atoms with van der Waals surface area (Å²) in [6.45, 7) is 0.0722. The highest BCUT2D eigenvalue weighted by Crippen LogP contribution is 2.04. The number of ether oxygens (including phenoxy) is 1. The van der Waals surface area contributed by atoms with E-state index in [2.05, 4.69) is 15.0 Å². The predicted octanol–water partition coefficient (Wildman–Crippen LogP) is 1.30. The fourth-order valence-electron chi connectivity index (χ4n) is 0.917. The third-order valence-electron chi connectivity index (χ3n) is 1.47. The Balaban J connectivity index is 2.38. The third-order valence-corrected chi connectivity index (χ3v) is 1.47. The standard InChI is InChI=1S/C10H12N2O2/c1-14-8-11-7-10(13)12-9-5-3-2-4-6-9/h2-6,8H,7H2,1H3,(H,12,13). The molecule has 4 heteroatoms. The average Bonchev–Trinajstić information content (AvgIpc) is 2.20. The first kappa shape index (κ1) is 10.2. The Kier molecular flexibility index (Phi) is 4.20. The van der Waals surface area contributed by atoms with Crippen molar-refractivity contribution in [2.24, 2.45) is 4.99 Å². The number of benzene rings is 1. The van der Waals surface area contributed by atoms with Crippen LogP contribution in [0.1, 0.15) is 0 Å². The lowest BCUT2D eigenvalue weighted by atomic mass is 10.3. The SMILES string of the molecule is COC=NCC(=O)Nc1ccccc1. The molecule has 0 fully saturated rings. The molecule has 0 aliphatic heterocycles. The summed E-state index contributed by atoms with van der Waals surface area (Å²) >= 11 is 0. The summed E-state index contributed by atoms with van der Waals surface area (Å²) in [7, 11) is 1.48. The van der Waals surface area contributed by atoms with E-state index in [4.69, 9.17) is 0 Å². The summed E-state index contributed by atoms with van der Waals surface area (Å²) in [6.07, 6.45) is 1.24. The normalized spacial score (nSPS) is 10.1. The van der Waals surface area contributed by atoms with E-state index in [9.17, 15) is 4.79 Å². The topological polar surface area (TPSA) is 50.7 Å². The number of methoxy groups -OCH3 is 1. The van der Waals surface area contributed by atoms with Gasteiger partial charge >= 0.3 is 0 Å². The number of amides is 1. The fraction of sp³-hybridized carbons (Fsp3) is 0.200. The van der Waals surface area contributed by atoms with Gasteiger partial charge in [0, 0.05) is 5.69 Å². The number of carbonyl (C=O) groups is 1. The molecule has 1 amide bonds. The molecule has 0 bridgehead atoms. The molecule has 74 valence electrons. The van der Waals surface area contributed by atoms with Crippen molar-refractivity contribution in [2.75, 3.05) is 19.0 Å². The molecule has 0 spiro atoms. The van der Waals surface area contributed by atoms with Crippen molar-refractivity contribution in [3.8, 4) is 0 Å². The van der Waals surface area contributed by atoms with Gasteiger partial charge in [-0.25, -0.2) is 4.99 Å². The lowest BCUT2D eigenvalue weighted by Gasteiger charge is -2.01. The molecular formula is C10H12N2O2. The second kappa shape index (κ2) is 5.75. The summed E-state index contributed by atoms with van der Waals surface area (Å²) in [5.74, 6) is -0.162. The quantitative estimate of drug-likeness (QED) is 0.577. The molecule has 0 unspecified atom stereocenters. The van der Waals surface area contributed by atoms with E-state index >= 15 is 0 Å². The number of para-hydroxylation sites is 1. The summed E-state index contributed by atoms with van der Waals surface area (Å²) in [5, 5.41) is 2.69. The minimum atomic E-state index is -0.162. The van der Waals surface area contributed by atoms with Gasteiger partial charge in [-0.15, -0.1) is 0 Å². The van der Waals surface area contributed by atoms with E-state index in [0.29, 0.717) is 0 Å². The molecule has 14 heavy (non-hydrogen) atoms. The number of nitrogens with one attached hydrogen (secondary N) is 1. The van der Waals surface area contributed by atoms with Crippen LogP contribution in [0.25, 0.3) is 0 Å². The minimum absolute atomic E-state index is 0.0722. The molecule has 0 saturated heterocycles. The first-order valence-corrected chi connectivity index (χ1v) is 4.19. The van der Waals surface area contributed by atoms with E-state index in [0.717, 1.165) is 5.69 Å². The Bertz CT molecular complexity index is 309. The predicted molar refractivity (Wildman–Crippen MR) is 55.4 cm³/mol. The summed E-state index contributed by atoms with van der Waals surface area (Å²) in [4.78, 5) is 14.9. The highest BCUT2D eigenvalue weighted by molar-refractivity contribution is 5.92. The Labute approximate surface area is 82.6 Å². The van der Waals surface area contributed by atoms with Crippen molar-refractivity contribution in [3.05, 3.63) is 30.3 Å². The molecule has 1 N–H and O–H groups in total. The fourth-order valence-corrected chi connectivity index (χ4v) is 0.917. The molecule has 0 atom stereocenters. The monoisotopic (exact) mass is 192 g/mol. The van der Waals surface area contributed by atoms with Gasteiger partial charge < -0.3 is 10.1 Å². The van der Waals surface area contributed by atoms with Gasteiger partial charge in [0.2, 0.25) is 5.91 Å². The summed E-state index contributed by atoms with van der Waals surface area (Å²) in [5.41, 5.74) is 0.769. The number of hydrogen-bond donors (Lipinski definition) is 1. The second-order valence-corrected chi connectivity index (χ2v) is 2.60. The molecule has 0 aliphatic rings. The van der Waals surface area contributed by atoms with Gasteiger partial charge in [-0.05, 0) is 12.1 Å². The molecule has 4 nitrogen and oxygen atoms in total. The molecule has 0 aromatic heterocycles. The molecule has 0 heterocycles. The zero-order chi connectivity index (χ0) is 10.2. The lowest BCUT2D eigenvalue weighted by molar-refractivity contribution is -0.114. The van der Waals surface area contributed by atoms with Gasteiger partial charge in [0.1, 0.15) is 6.54 Å². The zero-order valence-electron chi connectivity index (χ0n) is 7.93. The van der Waals surface area contributed by atoms with Crippen LogP contribution < -0.4 is 5.32 Å². The van der Waals surface area contributed by atoms with Gasteiger partial charge in [0.15, 0.2) is 6.40 Å². The number of rotatable bonds is 4. The first-order valence-electron chi connectivity index (χ1n) is 4.19. The van der Waals surface area contributed by atoms with Crippen LogP contribution in [0.2, 0.25) is 0 Å². The molecule has 1 rings (SSSR count). The van der Waals surface area contributed by atoms with Gasteiger partial charge in [-0.1, -0.05) is 18.2 Å². The van der Waals surface area contributed by atoms with E-state index in [1.165, 1.54) is 13.5 Å². The van der Waals surface area contributed by atoms with Crippen LogP contribution in [0.4, 0.5) is 5.69 Å². The number of anilines is 1. The summed E-state index contributed by atoms with van der Waals surface area (Å²) in [6, 6.07) is 9.23. The first-order chi connectivity index (χ1) is 6.83. The van der Waals surface area contributed by atoms with Gasteiger partial charge in [-0.3, -0.25) is 4.79 Å². The summed E-state index contributed by atoms with van der Waals surface area (Å²) < 4.78 is 4.57. The number of carbonyl (C=O) groups excluding carboxylic acids is 1. The van der Waals surface area contributed by atoms with Crippen LogP contribution in [-0.2, 0) is 9.53 Å². The maximum Gasteiger partial charge on any atom is 0.246 e. The Hall–Kier alpha value is -1.84. The van der Waals surface area contributed by atoms with E-state index in [1.54, 1.807) is 0 Å². The van der Waals surface area contributed by atoms with Crippen LogP contribution in [-0.4, -0.2) is 26.0 Å². The lowest BCUT2D eigenvalue weighted by Crippen LogP contribution is -2.14. The Morgan fingerprint density at radius 2 is 2.21 bits per heavy atom. The highest BCUT2D eigenvalue weighted by atomic mass is 16.5. The van der Waals surface area contributed by atoms with E-state index < -0.39 is 0 Å². The van der Waals surface area contributed by atoms with Crippen molar-refractivity contribution in [1.29, 1.82) is 0 Å². The molecule has 0 saturated carbocycles. The molecule has 0 radical (unpaired) electrons. The number of nitrogens with zero attached hydrogens (tertiary/aromatic N) is 1. The van der Waals surface area contributed by atoms with Gasteiger partial charge in [-0.2, -0.15) is 0 Å². The van der Waals surface area contributed by atoms with Crippen LogP contribution >= 0.6 is 0 Å². The van der Waals surface area contributed by atoms with E-state index in [1.807, 2.05) is 30.3 Å². The second-order valence-electron chi connectivity index (χ2n) is 2.60. The number of hydrogen-bond acceptors (Lipinski definition) is 3. The smallest absolute Gasteiger partial charge is 0.246 e. The number of aliphatic imine (C=N–C) groups is 1. The molecule has 0 aliphatic carbocycles. The van der Waals surface area contributed by atoms with Crippen LogP contribution in [0.5, 0.6) is 0 Å².